The number of carbonyl (C=O) groups excluding carboxylic acids is 1. The van der Waals surface area contributed by atoms with Crippen LogP contribution in [-0.4, -0.2) is 48.7 Å². The number of hydrogen-bond donors (Lipinski definition) is 3. The number of ether oxygens (including phenoxy) is 2. The molecule has 168 valence electrons. The molecular formula is C22H23ClFN5O3. The SMILES string of the molecule is CNC(=O)[C@@H]1C[C@@H](Oc2cc3c(Nc4cccc(Cl)c4F)ncnc3cc2OC)CCN1. The second-order valence-electron chi connectivity index (χ2n) is 7.35. The van der Waals surface area contributed by atoms with E-state index in [4.69, 9.17) is 21.1 Å². The predicted molar refractivity (Wildman–Crippen MR) is 120 cm³/mol. The summed E-state index contributed by atoms with van der Waals surface area (Å²) >= 11 is 5.90. The van der Waals surface area contributed by atoms with E-state index in [1.165, 1.54) is 12.4 Å². The maximum Gasteiger partial charge on any atom is 0.237 e. The Kier molecular flexibility index (Phi) is 6.57. The van der Waals surface area contributed by atoms with Crippen LogP contribution in [0, 0.1) is 5.82 Å². The van der Waals surface area contributed by atoms with Crippen LogP contribution < -0.4 is 25.4 Å². The standard InChI is InChI=1S/C22H23ClFN5O3/c1-25-22(30)17-8-12(6-7-26-17)32-19-9-13-16(10-18(19)31-2)27-11-28-21(13)29-15-5-3-4-14(23)20(15)24/h3-5,9-12,17,26H,6-8H2,1-2H3,(H,25,30)(H,27,28,29)/t12-,17-/m0/s1. The lowest BCUT2D eigenvalue weighted by Gasteiger charge is -2.30. The summed E-state index contributed by atoms with van der Waals surface area (Å²) in [6.07, 6.45) is 2.45. The summed E-state index contributed by atoms with van der Waals surface area (Å²) < 4.78 is 26.1. The van der Waals surface area contributed by atoms with Crippen molar-refractivity contribution >= 4 is 39.9 Å². The molecule has 2 heterocycles. The van der Waals surface area contributed by atoms with Crippen molar-refractivity contribution in [3.8, 4) is 11.5 Å². The van der Waals surface area contributed by atoms with Gasteiger partial charge in [0.25, 0.3) is 0 Å². The molecule has 3 N–H and O–H groups in total. The highest BCUT2D eigenvalue weighted by atomic mass is 35.5. The van der Waals surface area contributed by atoms with Gasteiger partial charge in [-0.05, 0) is 31.2 Å². The van der Waals surface area contributed by atoms with E-state index in [0.29, 0.717) is 41.2 Å². The minimum absolute atomic E-state index is 0.00984. The average Bonchev–Trinajstić information content (AvgIpc) is 2.81. The van der Waals surface area contributed by atoms with Crippen molar-refractivity contribution < 1.29 is 18.7 Å². The molecule has 32 heavy (non-hydrogen) atoms. The lowest BCUT2D eigenvalue weighted by molar-refractivity contribution is -0.123. The number of amides is 1. The molecule has 0 bridgehead atoms. The predicted octanol–water partition coefficient (Wildman–Crippen LogP) is 3.42. The summed E-state index contributed by atoms with van der Waals surface area (Å²) in [5.74, 6) is 0.753. The number of benzene rings is 2. The fourth-order valence-corrected chi connectivity index (χ4v) is 3.86. The van der Waals surface area contributed by atoms with Crippen LogP contribution in [0.15, 0.2) is 36.7 Å². The first kappa shape index (κ1) is 22.0. The first-order valence-corrected chi connectivity index (χ1v) is 10.5. The van der Waals surface area contributed by atoms with E-state index in [1.54, 1.807) is 38.4 Å². The molecule has 8 nitrogen and oxygen atoms in total. The zero-order valence-corrected chi connectivity index (χ0v) is 18.4. The van der Waals surface area contributed by atoms with Crippen molar-refractivity contribution in [3.05, 3.63) is 47.5 Å². The van der Waals surface area contributed by atoms with Gasteiger partial charge in [-0.25, -0.2) is 14.4 Å². The van der Waals surface area contributed by atoms with Crippen molar-refractivity contribution in [2.45, 2.75) is 25.0 Å². The number of fused-ring (bicyclic) bond motifs is 1. The Morgan fingerprint density at radius 3 is 2.91 bits per heavy atom. The highest BCUT2D eigenvalue weighted by Gasteiger charge is 2.28. The van der Waals surface area contributed by atoms with E-state index >= 15 is 0 Å². The Hall–Kier alpha value is -3.17. The van der Waals surface area contributed by atoms with Crippen molar-refractivity contribution in [2.75, 3.05) is 26.0 Å². The molecule has 0 radical (unpaired) electrons. The summed E-state index contributed by atoms with van der Waals surface area (Å²) in [5.41, 5.74) is 0.797. The number of aromatic nitrogens is 2. The van der Waals surface area contributed by atoms with Gasteiger partial charge in [-0.1, -0.05) is 17.7 Å². The third kappa shape index (κ3) is 4.53. The first-order valence-electron chi connectivity index (χ1n) is 10.2. The van der Waals surface area contributed by atoms with Crippen LogP contribution in [0.5, 0.6) is 11.5 Å². The zero-order valence-electron chi connectivity index (χ0n) is 17.6. The molecule has 2 aromatic carbocycles. The Morgan fingerprint density at radius 2 is 2.12 bits per heavy atom. The largest absolute Gasteiger partial charge is 0.493 e. The van der Waals surface area contributed by atoms with Gasteiger partial charge in [0.1, 0.15) is 18.2 Å². The minimum atomic E-state index is -0.569. The number of carbonyl (C=O) groups is 1. The molecule has 1 saturated heterocycles. The van der Waals surface area contributed by atoms with Crippen LogP contribution in [0.2, 0.25) is 5.02 Å². The number of likely N-dealkylation sites (N-methyl/N-ethyl adjacent to an activating group) is 1. The first-order chi connectivity index (χ1) is 15.5. The van der Waals surface area contributed by atoms with Gasteiger partial charge in [0.15, 0.2) is 17.3 Å². The molecule has 1 fully saturated rings. The van der Waals surface area contributed by atoms with Gasteiger partial charge in [-0.2, -0.15) is 0 Å². The molecule has 3 aromatic rings. The Bertz CT molecular complexity index is 1150. The average molecular weight is 460 g/mol. The van der Waals surface area contributed by atoms with Crippen LogP contribution >= 0.6 is 11.6 Å². The second-order valence-corrected chi connectivity index (χ2v) is 7.76. The van der Waals surface area contributed by atoms with Gasteiger partial charge in [-0.3, -0.25) is 4.79 Å². The van der Waals surface area contributed by atoms with Gasteiger partial charge in [0.05, 0.1) is 29.4 Å². The quantitative estimate of drug-likeness (QED) is 0.519. The number of piperidine rings is 1. The summed E-state index contributed by atoms with van der Waals surface area (Å²) in [4.78, 5) is 20.6. The van der Waals surface area contributed by atoms with Crippen molar-refractivity contribution in [3.63, 3.8) is 0 Å². The fourth-order valence-electron chi connectivity index (χ4n) is 3.69. The van der Waals surface area contributed by atoms with Crippen molar-refractivity contribution in [1.29, 1.82) is 0 Å². The van der Waals surface area contributed by atoms with Gasteiger partial charge in [-0.15, -0.1) is 0 Å². The number of nitrogens with zero attached hydrogens (tertiary/aromatic N) is 2. The Morgan fingerprint density at radius 1 is 1.28 bits per heavy atom. The molecule has 2 atom stereocenters. The molecule has 10 heteroatoms. The monoisotopic (exact) mass is 459 g/mol. The van der Waals surface area contributed by atoms with Gasteiger partial charge in [0, 0.05) is 24.9 Å². The Labute approximate surface area is 189 Å². The molecule has 0 spiro atoms. The number of rotatable bonds is 6. The molecule has 1 amide bonds. The van der Waals surface area contributed by atoms with E-state index in [9.17, 15) is 9.18 Å². The summed E-state index contributed by atoms with van der Waals surface area (Å²) in [6, 6.07) is 7.87. The van der Waals surface area contributed by atoms with Crippen molar-refractivity contribution in [1.82, 2.24) is 20.6 Å². The smallest absolute Gasteiger partial charge is 0.237 e. The van der Waals surface area contributed by atoms with Crippen LogP contribution in [0.25, 0.3) is 10.9 Å². The highest BCUT2D eigenvalue weighted by Crippen LogP contribution is 2.36. The van der Waals surface area contributed by atoms with E-state index < -0.39 is 5.82 Å². The maximum absolute atomic E-state index is 14.4. The third-order valence-corrected chi connectivity index (χ3v) is 5.63. The summed E-state index contributed by atoms with van der Waals surface area (Å²) in [6.45, 7) is 0.655. The number of anilines is 2. The molecule has 0 aliphatic carbocycles. The maximum atomic E-state index is 14.4. The fraction of sp³-hybridized carbons (Fsp3) is 0.318. The molecule has 1 aliphatic heterocycles. The second kappa shape index (κ2) is 9.54. The van der Waals surface area contributed by atoms with Gasteiger partial charge >= 0.3 is 0 Å². The molecule has 0 saturated carbocycles. The lowest BCUT2D eigenvalue weighted by Crippen LogP contribution is -2.50. The normalized spacial score (nSPS) is 18.2. The van der Waals surface area contributed by atoms with Crippen LogP contribution in [0.1, 0.15) is 12.8 Å². The van der Waals surface area contributed by atoms with E-state index in [1.807, 2.05) is 0 Å². The summed E-state index contributed by atoms with van der Waals surface area (Å²) in [5, 5.41) is 9.47. The van der Waals surface area contributed by atoms with E-state index in [2.05, 4.69) is 25.9 Å². The van der Waals surface area contributed by atoms with Crippen LogP contribution in [0.3, 0.4) is 0 Å². The van der Waals surface area contributed by atoms with E-state index in [0.717, 1.165) is 6.42 Å². The van der Waals surface area contributed by atoms with Gasteiger partial charge < -0.3 is 25.4 Å². The lowest BCUT2D eigenvalue weighted by atomic mass is 10.0. The van der Waals surface area contributed by atoms with E-state index in [-0.39, 0.29) is 28.8 Å². The number of nitrogens with one attached hydrogen (secondary N) is 3. The Balaban J connectivity index is 1.66. The van der Waals surface area contributed by atoms with Gasteiger partial charge in [0.2, 0.25) is 5.91 Å². The number of methoxy groups -OCH3 is 1. The van der Waals surface area contributed by atoms with Crippen LogP contribution in [-0.2, 0) is 4.79 Å². The third-order valence-electron chi connectivity index (χ3n) is 5.34. The summed E-state index contributed by atoms with van der Waals surface area (Å²) in [7, 11) is 3.16. The highest BCUT2D eigenvalue weighted by molar-refractivity contribution is 6.31. The zero-order chi connectivity index (χ0) is 22.7. The molecule has 4 rings (SSSR count). The molecule has 0 unspecified atom stereocenters. The van der Waals surface area contributed by atoms with Crippen LogP contribution in [0.4, 0.5) is 15.9 Å². The molecule has 1 aromatic heterocycles. The van der Waals surface area contributed by atoms with Crippen molar-refractivity contribution in [2.24, 2.45) is 0 Å². The topological polar surface area (TPSA) is 97.4 Å². The number of hydrogen-bond acceptors (Lipinski definition) is 7. The minimum Gasteiger partial charge on any atom is -0.493 e. The molecular weight excluding hydrogens is 437 g/mol. The molecule has 1 aliphatic rings. The number of halogens is 2.